The number of carbonyl (C=O) groups is 1. The summed E-state index contributed by atoms with van der Waals surface area (Å²) >= 11 is 0. The van der Waals surface area contributed by atoms with Crippen LogP contribution in [0.25, 0.3) is 0 Å². The minimum Gasteiger partial charge on any atom is -0.496 e. The summed E-state index contributed by atoms with van der Waals surface area (Å²) in [6.45, 7) is 4.04. The molecule has 1 aromatic rings. The van der Waals surface area contributed by atoms with Gasteiger partial charge in [0.1, 0.15) is 5.75 Å². The van der Waals surface area contributed by atoms with Gasteiger partial charge in [0.15, 0.2) is 5.78 Å². The number of aryl methyl sites for hydroxylation is 1. The van der Waals surface area contributed by atoms with Crippen molar-refractivity contribution < 1.29 is 9.53 Å². The van der Waals surface area contributed by atoms with Gasteiger partial charge in [-0.1, -0.05) is 6.07 Å². The Morgan fingerprint density at radius 2 is 2.06 bits per heavy atom. The minimum atomic E-state index is 0.224. The van der Waals surface area contributed by atoms with Crippen molar-refractivity contribution in [1.82, 2.24) is 0 Å². The van der Waals surface area contributed by atoms with E-state index in [0.29, 0.717) is 12.3 Å². The molecule has 0 aliphatic heterocycles. The molecule has 2 rings (SSSR count). The lowest BCUT2D eigenvalue weighted by molar-refractivity contribution is 0.0973. The number of carbonyl (C=O) groups excluding carboxylic acids is 1. The highest BCUT2D eigenvalue weighted by molar-refractivity contribution is 5.99. The van der Waals surface area contributed by atoms with Crippen LogP contribution in [-0.2, 0) is 0 Å². The van der Waals surface area contributed by atoms with E-state index in [1.165, 1.54) is 18.4 Å². The van der Waals surface area contributed by atoms with Gasteiger partial charge in [0.2, 0.25) is 0 Å². The van der Waals surface area contributed by atoms with E-state index >= 15 is 0 Å². The molecule has 0 bridgehead atoms. The number of methoxy groups -OCH3 is 1. The molecule has 16 heavy (non-hydrogen) atoms. The third-order valence-corrected chi connectivity index (χ3v) is 3.35. The monoisotopic (exact) mass is 218 g/mol. The molecule has 0 unspecified atom stereocenters. The number of ether oxygens (including phenoxy) is 1. The van der Waals surface area contributed by atoms with Gasteiger partial charge < -0.3 is 4.74 Å². The Hall–Kier alpha value is -1.31. The SMILES string of the molecule is COc1c(C(=O)CC2CC2)ccc(C)c1C. The Balaban J connectivity index is 2.31. The highest BCUT2D eigenvalue weighted by atomic mass is 16.5. The number of benzene rings is 1. The van der Waals surface area contributed by atoms with Crippen molar-refractivity contribution >= 4 is 5.78 Å². The molecule has 1 fully saturated rings. The Bertz CT molecular complexity index is 417. The van der Waals surface area contributed by atoms with Crippen LogP contribution in [0.1, 0.15) is 40.7 Å². The average Bonchev–Trinajstić information content (AvgIpc) is 3.05. The van der Waals surface area contributed by atoms with Crippen molar-refractivity contribution in [2.45, 2.75) is 33.1 Å². The highest BCUT2D eigenvalue weighted by Gasteiger charge is 2.26. The zero-order chi connectivity index (χ0) is 11.7. The maximum absolute atomic E-state index is 12.1. The number of rotatable bonds is 4. The molecule has 2 heteroatoms. The molecule has 0 amide bonds. The average molecular weight is 218 g/mol. The van der Waals surface area contributed by atoms with E-state index in [-0.39, 0.29) is 5.78 Å². The maximum Gasteiger partial charge on any atom is 0.166 e. The summed E-state index contributed by atoms with van der Waals surface area (Å²) in [5.74, 6) is 1.60. The molecule has 0 heterocycles. The Morgan fingerprint density at radius 3 is 2.62 bits per heavy atom. The van der Waals surface area contributed by atoms with Gasteiger partial charge in [-0.2, -0.15) is 0 Å². The zero-order valence-electron chi connectivity index (χ0n) is 10.2. The largest absolute Gasteiger partial charge is 0.496 e. The van der Waals surface area contributed by atoms with Crippen LogP contribution >= 0.6 is 0 Å². The first kappa shape index (κ1) is 11.2. The molecular formula is C14H18O2. The molecule has 1 saturated carbocycles. The molecule has 86 valence electrons. The molecule has 0 N–H and O–H groups in total. The zero-order valence-corrected chi connectivity index (χ0v) is 10.2. The lowest BCUT2D eigenvalue weighted by Gasteiger charge is -2.12. The van der Waals surface area contributed by atoms with Gasteiger partial charge in [-0.25, -0.2) is 0 Å². The first-order valence-electron chi connectivity index (χ1n) is 5.81. The molecule has 2 nitrogen and oxygen atoms in total. The van der Waals surface area contributed by atoms with E-state index in [1.807, 2.05) is 26.0 Å². The Morgan fingerprint density at radius 1 is 1.38 bits per heavy atom. The molecule has 0 radical (unpaired) electrons. The third kappa shape index (κ3) is 2.11. The van der Waals surface area contributed by atoms with Crippen molar-refractivity contribution in [3.05, 3.63) is 28.8 Å². The van der Waals surface area contributed by atoms with Gasteiger partial charge in [0.05, 0.1) is 12.7 Å². The fourth-order valence-corrected chi connectivity index (χ4v) is 1.97. The molecule has 1 aromatic carbocycles. The van der Waals surface area contributed by atoms with Crippen molar-refractivity contribution in [3.8, 4) is 5.75 Å². The maximum atomic E-state index is 12.1. The van der Waals surface area contributed by atoms with Crippen LogP contribution < -0.4 is 4.74 Å². The summed E-state index contributed by atoms with van der Waals surface area (Å²) in [4.78, 5) is 12.1. The van der Waals surface area contributed by atoms with Gasteiger partial charge in [-0.15, -0.1) is 0 Å². The second-order valence-electron chi connectivity index (χ2n) is 4.66. The van der Waals surface area contributed by atoms with Crippen LogP contribution in [0.5, 0.6) is 5.75 Å². The van der Waals surface area contributed by atoms with Crippen molar-refractivity contribution in [3.63, 3.8) is 0 Å². The lowest BCUT2D eigenvalue weighted by atomic mass is 9.99. The number of hydrogen-bond acceptors (Lipinski definition) is 2. The first-order valence-corrected chi connectivity index (χ1v) is 5.81. The van der Waals surface area contributed by atoms with Gasteiger partial charge in [-0.3, -0.25) is 4.79 Å². The summed E-state index contributed by atoms with van der Waals surface area (Å²) in [5, 5.41) is 0. The van der Waals surface area contributed by atoms with E-state index in [2.05, 4.69) is 0 Å². The van der Waals surface area contributed by atoms with E-state index in [4.69, 9.17) is 4.74 Å². The van der Waals surface area contributed by atoms with Crippen LogP contribution in [0.15, 0.2) is 12.1 Å². The number of Topliss-reactive ketones (excluding diaryl/α,β-unsaturated/α-hetero) is 1. The molecule has 0 aromatic heterocycles. The van der Waals surface area contributed by atoms with Gasteiger partial charge >= 0.3 is 0 Å². The van der Waals surface area contributed by atoms with Crippen molar-refractivity contribution in [2.75, 3.05) is 7.11 Å². The van der Waals surface area contributed by atoms with Crippen LogP contribution in [0, 0.1) is 19.8 Å². The van der Waals surface area contributed by atoms with Gasteiger partial charge in [0, 0.05) is 6.42 Å². The quantitative estimate of drug-likeness (QED) is 0.725. The second kappa shape index (κ2) is 4.28. The fourth-order valence-electron chi connectivity index (χ4n) is 1.97. The van der Waals surface area contributed by atoms with Crippen LogP contribution in [0.4, 0.5) is 0 Å². The van der Waals surface area contributed by atoms with Crippen LogP contribution in [-0.4, -0.2) is 12.9 Å². The van der Waals surface area contributed by atoms with Crippen molar-refractivity contribution in [1.29, 1.82) is 0 Å². The molecular weight excluding hydrogens is 200 g/mol. The minimum absolute atomic E-state index is 0.224. The van der Waals surface area contributed by atoms with Gasteiger partial charge in [-0.05, 0) is 49.8 Å². The topological polar surface area (TPSA) is 26.3 Å². The van der Waals surface area contributed by atoms with Crippen LogP contribution in [0.3, 0.4) is 0 Å². The molecule has 0 atom stereocenters. The number of ketones is 1. The second-order valence-corrected chi connectivity index (χ2v) is 4.66. The molecule has 1 aliphatic rings. The fraction of sp³-hybridized carbons (Fsp3) is 0.500. The Kier molecular flexibility index (Phi) is 2.99. The molecule has 0 spiro atoms. The smallest absolute Gasteiger partial charge is 0.166 e. The highest BCUT2D eigenvalue weighted by Crippen LogP contribution is 2.35. The van der Waals surface area contributed by atoms with Crippen molar-refractivity contribution in [2.24, 2.45) is 5.92 Å². The predicted molar refractivity (Wildman–Crippen MR) is 64.1 cm³/mol. The van der Waals surface area contributed by atoms with E-state index < -0.39 is 0 Å². The first-order chi connectivity index (χ1) is 7.63. The Labute approximate surface area is 96.6 Å². The van der Waals surface area contributed by atoms with E-state index in [1.54, 1.807) is 7.11 Å². The van der Waals surface area contributed by atoms with E-state index in [9.17, 15) is 4.79 Å². The normalized spacial score (nSPS) is 14.9. The van der Waals surface area contributed by atoms with Crippen LogP contribution in [0.2, 0.25) is 0 Å². The number of hydrogen-bond donors (Lipinski definition) is 0. The third-order valence-electron chi connectivity index (χ3n) is 3.35. The van der Waals surface area contributed by atoms with E-state index in [0.717, 1.165) is 16.9 Å². The summed E-state index contributed by atoms with van der Waals surface area (Å²) in [7, 11) is 1.63. The standard InChI is InChI=1S/C14H18O2/c1-9-4-7-12(14(16-3)10(9)2)13(15)8-11-5-6-11/h4,7,11H,5-6,8H2,1-3H3. The summed E-state index contributed by atoms with van der Waals surface area (Å²) in [5.41, 5.74) is 2.99. The van der Waals surface area contributed by atoms with Gasteiger partial charge in [0.25, 0.3) is 0 Å². The summed E-state index contributed by atoms with van der Waals surface area (Å²) < 4.78 is 5.36. The lowest BCUT2D eigenvalue weighted by Crippen LogP contribution is -2.05. The predicted octanol–water partition coefficient (Wildman–Crippen LogP) is 3.29. The molecule has 1 aliphatic carbocycles. The summed E-state index contributed by atoms with van der Waals surface area (Å²) in [6.07, 6.45) is 3.09. The molecule has 0 saturated heterocycles. The summed E-state index contributed by atoms with van der Waals surface area (Å²) in [6, 6.07) is 3.89.